The number of hydrogen-bond donors (Lipinski definition) is 1. The highest BCUT2D eigenvalue weighted by atomic mass is 16.5. The Balaban J connectivity index is 1.71. The molecule has 1 spiro atoms. The van der Waals surface area contributed by atoms with Crippen molar-refractivity contribution in [2.75, 3.05) is 26.8 Å². The highest BCUT2D eigenvalue weighted by Crippen LogP contribution is 2.35. The Morgan fingerprint density at radius 3 is 2.86 bits per heavy atom. The van der Waals surface area contributed by atoms with Crippen molar-refractivity contribution < 1.29 is 19.4 Å². The summed E-state index contributed by atoms with van der Waals surface area (Å²) in [6.07, 6.45) is 1.19. The van der Waals surface area contributed by atoms with Crippen molar-refractivity contribution in [3.63, 3.8) is 0 Å². The third-order valence-corrected chi connectivity index (χ3v) is 4.39. The van der Waals surface area contributed by atoms with Gasteiger partial charge in [-0.2, -0.15) is 0 Å². The number of likely N-dealkylation sites (tertiary alicyclic amines) is 1. The van der Waals surface area contributed by atoms with Crippen LogP contribution in [-0.4, -0.2) is 54.4 Å². The normalized spacial score (nSPS) is 28.5. The first-order valence-corrected chi connectivity index (χ1v) is 7.34. The maximum atomic E-state index is 12.5. The van der Waals surface area contributed by atoms with E-state index in [0.29, 0.717) is 31.9 Å². The molecular formula is C16H21NO4. The second-order valence-electron chi connectivity index (χ2n) is 5.85. The molecule has 2 fully saturated rings. The summed E-state index contributed by atoms with van der Waals surface area (Å²) in [5, 5.41) is 10.2. The van der Waals surface area contributed by atoms with Crippen molar-refractivity contribution in [1.82, 2.24) is 4.90 Å². The van der Waals surface area contributed by atoms with E-state index in [-0.39, 0.29) is 5.91 Å². The summed E-state index contributed by atoms with van der Waals surface area (Å²) in [5.41, 5.74) is 1.13. The van der Waals surface area contributed by atoms with Crippen LogP contribution >= 0.6 is 0 Å². The first-order valence-electron chi connectivity index (χ1n) is 7.34. The van der Waals surface area contributed by atoms with Crippen molar-refractivity contribution in [3.05, 3.63) is 35.4 Å². The quantitative estimate of drug-likeness (QED) is 0.909. The van der Waals surface area contributed by atoms with Gasteiger partial charge >= 0.3 is 0 Å². The van der Waals surface area contributed by atoms with E-state index < -0.39 is 11.7 Å². The molecule has 5 nitrogen and oxygen atoms in total. The molecule has 2 aliphatic heterocycles. The van der Waals surface area contributed by atoms with E-state index in [0.717, 1.165) is 18.4 Å². The zero-order valence-electron chi connectivity index (χ0n) is 12.2. The monoisotopic (exact) mass is 291 g/mol. The molecule has 0 unspecified atom stereocenters. The van der Waals surface area contributed by atoms with Crippen LogP contribution in [0.1, 0.15) is 28.8 Å². The van der Waals surface area contributed by atoms with Crippen LogP contribution in [-0.2, 0) is 16.1 Å². The lowest BCUT2D eigenvalue weighted by molar-refractivity contribution is -0.0590. The number of carbonyl (C=O) groups is 1. The third-order valence-electron chi connectivity index (χ3n) is 4.39. The van der Waals surface area contributed by atoms with Gasteiger partial charge in [0.2, 0.25) is 0 Å². The highest BCUT2D eigenvalue weighted by Gasteiger charge is 2.50. The average molecular weight is 291 g/mol. The summed E-state index contributed by atoms with van der Waals surface area (Å²) in [4.78, 5) is 14.2. The molecular weight excluding hydrogens is 270 g/mol. The number of methoxy groups -OCH3 is 1. The van der Waals surface area contributed by atoms with E-state index >= 15 is 0 Å². The molecule has 0 bridgehead atoms. The predicted octanol–water partition coefficient (Wildman–Crippen LogP) is 1.20. The van der Waals surface area contributed by atoms with Gasteiger partial charge in [0, 0.05) is 25.8 Å². The van der Waals surface area contributed by atoms with E-state index in [1.54, 1.807) is 12.0 Å². The van der Waals surface area contributed by atoms with Crippen LogP contribution in [0, 0.1) is 0 Å². The van der Waals surface area contributed by atoms with Crippen LogP contribution in [0.2, 0.25) is 0 Å². The van der Waals surface area contributed by atoms with Gasteiger partial charge in [-0.15, -0.1) is 0 Å². The molecule has 0 saturated carbocycles. The fourth-order valence-electron chi connectivity index (χ4n) is 3.22. The second-order valence-corrected chi connectivity index (χ2v) is 5.85. The zero-order chi connectivity index (χ0) is 14.9. The maximum absolute atomic E-state index is 12.5. The maximum Gasteiger partial charge on any atom is 0.254 e. The van der Waals surface area contributed by atoms with Gasteiger partial charge in [0.05, 0.1) is 13.2 Å². The van der Waals surface area contributed by atoms with Crippen molar-refractivity contribution in [3.8, 4) is 0 Å². The molecule has 2 aliphatic rings. The fourth-order valence-corrected chi connectivity index (χ4v) is 3.22. The predicted molar refractivity (Wildman–Crippen MR) is 77.0 cm³/mol. The van der Waals surface area contributed by atoms with E-state index in [2.05, 4.69) is 0 Å². The molecule has 21 heavy (non-hydrogen) atoms. The number of rotatable bonds is 3. The molecule has 1 aromatic carbocycles. The second kappa shape index (κ2) is 5.75. The minimum Gasteiger partial charge on any atom is -0.388 e. The molecule has 0 radical (unpaired) electrons. The third kappa shape index (κ3) is 2.69. The lowest BCUT2D eigenvalue weighted by Gasteiger charge is -2.25. The van der Waals surface area contributed by atoms with Crippen LogP contribution in [0.25, 0.3) is 0 Å². The molecule has 1 aromatic rings. The summed E-state index contributed by atoms with van der Waals surface area (Å²) in [5.74, 6) is -0.0506. The number of β-amino-alcohol motifs (C(OH)–C–C–N with tert-alkyl or cyclic N) is 1. The number of aliphatic hydroxyl groups is 1. The van der Waals surface area contributed by atoms with Crippen LogP contribution < -0.4 is 0 Å². The van der Waals surface area contributed by atoms with Gasteiger partial charge in [-0.3, -0.25) is 4.79 Å². The molecule has 0 aliphatic carbocycles. The van der Waals surface area contributed by atoms with Gasteiger partial charge in [0.1, 0.15) is 11.7 Å². The highest BCUT2D eigenvalue weighted by molar-refractivity contribution is 5.94. The summed E-state index contributed by atoms with van der Waals surface area (Å²) in [7, 11) is 1.64. The largest absolute Gasteiger partial charge is 0.388 e. The molecule has 2 heterocycles. The van der Waals surface area contributed by atoms with Crippen LogP contribution in [0.3, 0.4) is 0 Å². The topological polar surface area (TPSA) is 59.0 Å². The Morgan fingerprint density at radius 2 is 2.24 bits per heavy atom. The van der Waals surface area contributed by atoms with E-state index in [1.165, 1.54) is 0 Å². The SMILES string of the molecule is COCc1ccc(C(=O)N2C[C@H](O)[C@]3(CCCO3)C2)cc1. The minimum absolute atomic E-state index is 0.0506. The number of aliphatic hydroxyl groups excluding tert-OH is 1. The molecule has 114 valence electrons. The molecule has 1 amide bonds. The summed E-state index contributed by atoms with van der Waals surface area (Å²) >= 11 is 0. The first-order chi connectivity index (χ1) is 10.1. The minimum atomic E-state index is -0.586. The Labute approximate surface area is 124 Å². The van der Waals surface area contributed by atoms with Gasteiger partial charge in [-0.25, -0.2) is 0 Å². The van der Waals surface area contributed by atoms with E-state index in [9.17, 15) is 9.90 Å². The van der Waals surface area contributed by atoms with Gasteiger partial charge in [0.25, 0.3) is 5.91 Å². The van der Waals surface area contributed by atoms with E-state index in [4.69, 9.17) is 9.47 Å². The lowest BCUT2D eigenvalue weighted by Crippen LogP contribution is -2.41. The number of hydrogen-bond acceptors (Lipinski definition) is 4. The molecule has 3 rings (SSSR count). The van der Waals surface area contributed by atoms with E-state index in [1.807, 2.05) is 24.3 Å². The van der Waals surface area contributed by atoms with Gasteiger partial charge in [-0.1, -0.05) is 12.1 Å². The summed E-state index contributed by atoms with van der Waals surface area (Å²) in [6.45, 7) is 2.03. The molecule has 1 N–H and O–H groups in total. The Hall–Kier alpha value is -1.43. The number of amides is 1. The number of nitrogens with zero attached hydrogens (tertiary/aromatic N) is 1. The fraction of sp³-hybridized carbons (Fsp3) is 0.562. The average Bonchev–Trinajstić information content (AvgIpc) is 3.09. The molecule has 0 aromatic heterocycles. The number of ether oxygens (including phenoxy) is 2. The molecule has 2 atom stereocenters. The zero-order valence-corrected chi connectivity index (χ0v) is 12.2. The molecule has 5 heteroatoms. The van der Waals surface area contributed by atoms with Crippen LogP contribution in [0.15, 0.2) is 24.3 Å². The van der Waals surface area contributed by atoms with Gasteiger partial charge in [-0.05, 0) is 30.5 Å². The van der Waals surface area contributed by atoms with Crippen molar-refractivity contribution >= 4 is 5.91 Å². The Bertz CT molecular complexity index is 508. The first kappa shape index (κ1) is 14.5. The standard InChI is InChI=1S/C16H21NO4/c1-20-10-12-3-5-13(6-4-12)15(19)17-9-14(18)16(11-17)7-2-8-21-16/h3-6,14,18H,2,7-11H2,1H3/t14-,16-/m0/s1. The number of benzene rings is 1. The van der Waals surface area contributed by atoms with Crippen molar-refractivity contribution in [2.45, 2.75) is 31.2 Å². The van der Waals surface area contributed by atoms with Gasteiger partial charge < -0.3 is 19.5 Å². The van der Waals surface area contributed by atoms with Crippen LogP contribution in [0.5, 0.6) is 0 Å². The smallest absolute Gasteiger partial charge is 0.254 e. The van der Waals surface area contributed by atoms with Crippen LogP contribution in [0.4, 0.5) is 0 Å². The van der Waals surface area contributed by atoms with Crippen molar-refractivity contribution in [1.29, 1.82) is 0 Å². The van der Waals surface area contributed by atoms with Crippen molar-refractivity contribution in [2.24, 2.45) is 0 Å². The Morgan fingerprint density at radius 1 is 1.48 bits per heavy atom. The summed E-state index contributed by atoms with van der Waals surface area (Å²) < 4.78 is 10.8. The van der Waals surface area contributed by atoms with Gasteiger partial charge in [0.15, 0.2) is 0 Å². The number of carbonyl (C=O) groups excluding carboxylic acids is 1. The lowest BCUT2D eigenvalue weighted by atomic mass is 9.97. The Kier molecular flexibility index (Phi) is 3.97. The molecule has 2 saturated heterocycles. The summed E-state index contributed by atoms with van der Waals surface area (Å²) in [6, 6.07) is 7.41.